The van der Waals surface area contributed by atoms with Crippen molar-refractivity contribution in [2.24, 2.45) is 4.99 Å². The summed E-state index contributed by atoms with van der Waals surface area (Å²) >= 11 is 0. The summed E-state index contributed by atoms with van der Waals surface area (Å²) in [7, 11) is 0. The quantitative estimate of drug-likeness (QED) is 0.619. The van der Waals surface area contributed by atoms with Gasteiger partial charge in [0.15, 0.2) is 0 Å². The zero-order valence-electron chi connectivity index (χ0n) is 10.8. The summed E-state index contributed by atoms with van der Waals surface area (Å²) in [4.78, 5) is 15.2. The molecule has 0 unspecified atom stereocenters. The predicted octanol–water partition coefficient (Wildman–Crippen LogP) is 3.24. The third kappa shape index (κ3) is 2.73. The van der Waals surface area contributed by atoms with Crippen LogP contribution in [0.3, 0.4) is 0 Å². The Hall–Kier alpha value is -2.12. The Morgan fingerprint density at radius 2 is 2.05 bits per heavy atom. The number of aliphatic imine (C=N–C) groups is 1. The second-order valence-corrected chi connectivity index (χ2v) is 5.14. The Morgan fingerprint density at radius 1 is 1.40 bits per heavy atom. The van der Waals surface area contributed by atoms with Crippen LogP contribution >= 0.6 is 0 Å². The summed E-state index contributed by atoms with van der Waals surface area (Å²) in [5, 5.41) is 10.6. The molecule has 0 atom stereocenters. The highest BCUT2D eigenvalue weighted by molar-refractivity contribution is 5.84. The molecule has 108 valence electrons. The molecule has 1 aromatic carbocycles. The van der Waals surface area contributed by atoms with Crippen LogP contribution in [0.25, 0.3) is 0 Å². The van der Waals surface area contributed by atoms with E-state index in [4.69, 9.17) is 0 Å². The van der Waals surface area contributed by atoms with Crippen LogP contribution in [0, 0.1) is 10.1 Å². The first-order chi connectivity index (χ1) is 9.10. The lowest BCUT2D eigenvalue weighted by atomic mass is 10.1. The average Bonchev–Trinajstić information content (AvgIpc) is 2.67. The number of rotatable bonds is 2. The molecule has 0 amide bonds. The molecule has 5 nitrogen and oxygen atoms in total. The van der Waals surface area contributed by atoms with Crippen LogP contribution in [0.5, 0.6) is 0 Å². The van der Waals surface area contributed by atoms with Crippen LogP contribution in [0.2, 0.25) is 0 Å². The molecule has 0 N–H and O–H groups in total. The lowest BCUT2D eigenvalue weighted by Crippen LogP contribution is -2.30. The number of nitro groups is 1. The van der Waals surface area contributed by atoms with E-state index in [1.54, 1.807) is 13.8 Å². The molecule has 1 aromatic rings. The highest BCUT2D eigenvalue weighted by Gasteiger charge is 2.38. The molecule has 0 bridgehead atoms. The van der Waals surface area contributed by atoms with Crippen molar-refractivity contribution < 1.29 is 18.1 Å². The number of hydrogen-bond acceptors (Lipinski definition) is 4. The third-order valence-electron chi connectivity index (χ3n) is 2.91. The molecule has 1 aliphatic rings. The van der Waals surface area contributed by atoms with Gasteiger partial charge in [0.05, 0.1) is 28.1 Å². The van der Waals surface area contributed by atoms with Crippen LogP contribution in [0.4, 0.5) is 24.5 Å². The zero-order valence-corrected chi connectivity index (χ0v) is 10.8. The second-order valence-electron chi connectivity index (χ2n) is 5.14. The Kier molecular flexibility index (Phi) is 3.19. The first kappa shape index (κ1) is 14.3. The average molecular weight is 287 g/mol. The Bertz CT molecular complexity index is 582. The van der Waals surface area contributed by atoms with Crippen molar-refractivity contribution in [2.45, 2.75) is 25.6 Å². The Labute approximate surface area is 112 Å². The molecule has 0 aromatic heterocycles. The maximum Gasteiger partial charge on any atom is 0.418 e. The van der Waals surface area contributed by atoms with Crippen LogP contribution in [-0.4, -0.2) is 23.3 Å². The van der Waals surface area contributed by atoms with E-state index in [1.807, 2.05) is 0 Å². The third-order valence-corrected chi connectivity index (χ3v) is 2.91. The zero-order chi connectivity index (χ0) is 15.1. The number of halogens is 3. The molecule has 0 radical (unpaired) electrons. The lowest BCUT2D eigenvalue weighted by Gasteiger charge is -2.23. The van der Waals surface area contributed by atoms with Crippen molar-refractivity contribution >= 4 is 17.7 Å². The summed E-state index contributed by atoms with van der Waals surface area (Å²) in [5.74, 6) is 0. The molecule has 0 spiro atoms. The number of hydrogen-bond donors (Lipinski definition) is 0. The fourth-order valence-corrected chi connectivity index (χ4v) is 1.99. The van der Waals surface area contributed by atoms with E-state index >= 15 is 0 Å². The Balaban J connectivity index is 2.49. The number of anilines is 1. The SMILES string of the molecule is CC1(C)CN(c2ccc([N+](=O)[O-])cc2C(F)(F)F)C=N1. The highest BCUT2D eigenvalue weighted by atomic mass is 19.4. The molecule has 0 saturated heterocycles. The van der Waals surface area contributed by atoms with Crippen LogP contribution in [0.1, 0.15) is 19.4 Å². The number of benzene rings is 1. The van der Waals surface area contributed by atoms with Crippen LogP contribution < -0.4 is 4.90 Å². The minimum Gasteiger partial charge on any atom is -0.330 e. The lowest BCUT2D eigenvalue weighted by molar-refractivity contribution is -0.385. The summed E-state index contributed by atoms with van der Waals surface area (Å²) in [6, 6.07) is 2.71. The van der Waals surface area contributed by atoms with E-state index in [0.717, 1.165) is 12.1 Å². The van der Waals surface area contributed by atoms with Crippen molar-refractivity contribution in [3.63, 3.8) is 0 Å². The minimum absolute atomic E-state index is 0.127. The molecule has 20 heavy (non-hydrogen) atoms. The molecule has 0 aliphatic carbocycles. The van der Waals surface area contributed by atoms with Gasteiger partial charge in [0.2, 0.25) is 0 Å². The molecular weight excluding hydrogens is 275 g/mol. The molecule has 0 saturated carbocycles. The van der Waals surface area contributed by atoms with Gasteiger partial charge in [0.1, 0.15) is 0 Å². The fourth-order valence-electron chi connectivity index (χ4n) is 1.99. The van der Waals surface area contributed by atoms with Crippen LogP contribution in [0.15, 0.2) is 23.2 Å². The number of nitro benzene ring substituents is 1. The number of alkyl halides is 3. The van der Waals surface area contributed by atoms with Crippen molar-refractivity contribution in [3.8, 4) is 0 Å². The molecule has 2 rings (SSSR count). The smallest absolute Gasteiger partial charge is 0.330 e. The minimum atomic E-state index is -4.66. The van der Waals surface area contributed by atoms with Gasteiger partial charge in [-0.25, -0.2) is 0 Å². The molecule has 1 aliphatic heterocycles. The molecule has 1 heterocycles. The maximum absolute atomic E-state index is 13.0. The summed E-state index contributed by atoms with van der Waals surface area (Å²) in [6.07, 6.45) is -3.33. The van der Waals surface area contributed by atoms with Gasteiger partial charge in [-0.05, 0) is 19.9 Å². The van der Waals surface area contributed by atoms with Gasteiger partial charge in [-0.1, -0.05) is 0 Å². The van der Waals surface area contributed by atoms with Crippen molar-refractivity contribution in [3.05, 3.63) is 33.9 Å². The van der Waals surface area contributed by atoms with Crippen LogP contribution in [-0.2, 0) is 6.18 Å². The first-order valence-electron chi connectivity index (χ1n) is 5.78. The largest absolute Gasteiger partial charge is 0.418 e. The molecule has 8 heteroatoms. The van der Waals surface area contributed by atoms with Gasteiger partial charge in [-0.3, -0.25) is 15.1 Å². The standard InChI is InChI=1S/C12H12F3N3O2/c1-11(2)6-17(7-16-11)10-4-3-8(18(19)20)5-9(10)12(13,14)15/h3-5,7H,6H2,1-2H3. The monoisotopic (exact) mass is 287 g/mol. The highest BCUT2D eigenvalue weighted by Crippen LogP contribution is 2.39. The molecule has 0 fully saturated rings. The van der Waals surface area contributed by atoms with Crippen molar-refractivity contribution in [1.29, 1.82) is 0 Å². The Morgan fingerprint density at radius 3 is 2.50 bits per heavy atom. The topological polar surface area (TPSA) is 58.7 Å². The van der Waals surface area contributed by atoms with E-state index in [-0.39, 0.29) is 12.2 Å². The summed E-state index contributed by atoms with van der Waals surface area (Å²) in [6.45, 7) is 3.87. The predicted molar refractivity (Wildman–Crippen MR) is 68.0 cm³/mol. The summed E-state index contributed by atoms with van der Waals surface area (Å²) < 4.78 is 39.1. The van der Waals surface area contributed by atoms with Gasteiger partial charge in [0, 0.05) is 18.7 Å². The van der Waals surface area contributed by atoms with Crippen molar-refractivity contribution in [2.75, 3.05) is 11.4 Å². The van der Waals surface area contributed by atoms with Gasteiger partial charge in [-0.15, -0.1) is 0 Å². The van der Waals surface area contributed by atoms with Gasteiger partial charge in [-0.2, -0.15) is 13.2 Å². The normalized spacial score (nSPS) is 17.6. The molecular formula is C12H12F3N3O2. The van der Waals surface area contributed by atoms with E-state index in [2.05, 4.69) is 4.99 Å². The van der Waals surface area contributed by atoms with E-state index in [0.29, 0.717) is 6.07 Å². The first-order valence-corrected chi connectivity index (χ1v) is 5.78. The van der Waals surface area contributed by atoms with Crippen molar-refractivity contribution in [1.82, 2.24) is 0 Å². The number of nitrogens with zero attached hydrogens (tertiary/aromatic N) is 3. The van der Waals surface area contributed by atoms with E-state index < -0.39 is 27.9 Å². The van der Waals surface area contributed by atoms with E-state index in [9.17, 15) is 23.3 Å². The van der Waals surface area contributed by atoms with Gasteiger partial charge >= 0.3 is 6.18 Å². The van der Waals surface area contributed by atoms with E-state index in [1.165, 1.54) is 11.2 Å². The second kappa shape index (κ2) is 4.46. The van der Waals surface area contributed by atoms with Gasteiger partial charge in [0.25, 0.3) is 5.69 Å². The number of non-ortho nitro benzene ring substituents is 1. The maximum atomic E-state index is 13.0. The summed E-state index contributed by atoms with van der Waals surface area (Å²) in [5.41, 5.74) is -2.23. The fraction of sp³-hybridized carbons (Fsp3) is 0.417. The van der Waals surface area contributed by atoms with Gasteiger partial charge < -0.3 is 4.90 Å².